The molecular weight excluding hydrogens is 380 g/mol. The number of halogens is 1. The van der Waals surface area contributed by atoms with Gasteiger partial charge in [0, 0.05) is 14.3 Å². The number of benzene rings is 2. The van der Waals surface area contributed by atoms with Gasteiger partial charge in [0.25, 0.3) is 0 Å². The van der Waals surface area contributed by atoms with Crippen molar-refractivity contribution >= 4 is 51.0 Å². The van der Waals surface area contributed by atoms with Crippen molar-refractivity contribution in [2.75, 3.05) is 16.8 Å². The summed E-state index contributed by atoms with van der Waals surface area (Å²) < 4.78 is 0.984. The number of thioether (sulfide) groups is 2. The van der Waals surface area contributed by atoms with Gasteiger partial charge < -0.3 is 5.32 Å². The van der Waals surface area contributed by atoms with Gasteiger partial charge in [-0.3, -0.25) is 4.79 Å². The van der Waals surface area contributed by atoms with Crippen LogP contribution in [0.5, 0.6) is 0 Å². The summed E-state index contributed by atoms with van der Waals surface area (Å²) in [4.78, 5) is 14.0. The van der Waals surface area contributed by atoms with E-state index in [4.69, 9.17) is 5.26 Å². The average Bonchev–Trinajstić information content (AvgIpc) is 2.53. The molecule has 3 nitrogen and oxygen atoms in total. The van der Waals surface area contributed by atoms with E-state index in [1.165, 1.54) is 23.5 Å². The zero-order valence-electron chi connectivity index (χ0n) is 11.6. The Hall–Kier alpha value is -1.42. The summed E-state index contributed by atoms with van der Waals surface area (Å²) >= 11 is 6.36. The molecule has 2 rings (SSSR count). The lowest BCUT2D eigenvalue weighted by Crippen LogP contribution is -2.14. The predicted molar refractivity (Wildman–Crippen MR) is 96.3 cm³/mol. The van der Waals surface area contributed by atoms with E-state index in [-0.39, 0.29) is 5.91 Å². The number of carbonyl (C=O) groups is 1. The van der Waals surface area contributed by atoms with Crippen LogP contribution in [0.3, 0.4) is 0 Å². The number of rotatable bonds is 6. The molecule has 0 bridgehead atoms. The van der Waals surface area contributed by atoms with Crippen molar-refractivity contribution in [1.29, 1.82) is 5.26 Å². The van der Waals surface area contributed by atoms with E-state index >= 15 is 0 Å². The number of nitrogens with zero attached hydrogens (tertiary/aromatic N) is 1. The SMILES string of the molecule is N#CCSc1ccccc1NC(=O)CSc1ccccc1Br. The molecule has 6 heteroatoms. The first-order valence-corrected chi connectivity index (χ1v) is 9.23. The van der Waals surface area contributed by atoms with Crippen molar-refractivity contribution in [3.8, 4) is 6.07 Å². The fourth-order valence-corrected chi connectivity index (χ4v) is 3.73. The quantitative estimate of drug-likeness (QED) is 0.717. The molecule has 2 aromatic carbocycles. The molecule has 1 N–H and O–H groups in total. The molecule has 2 aromatic rings. The van der Waals surface area contributed by atoms with E-state index in [0.29, 0.717) is 11.5 Å². The Morgan fingerprint density at radius 3 is 2.50 bits per heavy atom. The summed E-state index contributed by atoms with van der Waals surface area (Å²) in [6.07, 6.45) is 0. The van der Waals surface area contributed by atoms with Gasteiger partial charge in [0.2, 0.25) is 5.91 Å². The van der Waals surface area contributed by atoms with Gasteiger partial charge in [-0.2, -0.15) is 5.26 Å². The standard InChI is InChI=1S/C16H13BrN2OS2/c17-12-5-1-3-7-14(12)22-11-16(20)19-13-6-2-4-8-15(13)21-10-9-18/h1-8H,10-11H2,(H,19,20). The largest absolute Gasteiger partial charge is 0.324 e. The molecule has 22 heavy (non-hydrogen) atoms. The maximum Gasteiger partial charge on any atom is 0.234 e. The lowest BCUT2D eigenvalue weighted by Gasteiger charge is -2.10. The molecule has 0 radical (unpaired) electrons. The van der Waals surface area contributed by atoms with Crippen LogP contribution in [0.1, 0.15) is 0 Å². The fraction of sp³-hybridized carbons (Fsp3) is 0.125. The van der Waals surface area contributed by atoms with Gasteiger partial charge in [-0.25, -0.2) is 0 Å². The second-order valence-corrected chi connectivity index (χ2v) is 7.10. The highest BCUT2D eigenvalue weighted by molar-refractivity contribution is 9.10. The first kappa shape index (κ1) is 16.9. The fourth-order valence-electron chi connectivity index (χ4n) is 1.70. The Balaban J connectivity index is 1.95. The maximum absolute atomic E-state index is 12.1. The number of carbonyl (C=O) groups excluding carboxylic acids is 1. The summed E-state index contributed by atoms with van der Waals surface area (Å²) in [5.41, 5.74) is 0.750. The van der Waals surface area contributed by atoms with Gasteiger partial charge >= 0.3 is 0 Å². The molecule has 0 heterocycles. The van der Waals surface area contributed by atoms with Gasteiger partial charge in [0.05, 0.1) is 23.3 Å². The minimum absolute atomic E-state index is 0.0641. The second-order valence-electron chi connectivity index (χ2n) is 4.21. The van der Waals surface area contributed by atoms with Gasteiger partial charge in [-0.05, 0) is 40.2 Å². The molecule has 112 valence electrons. The number of para-hydroxylation sites is 1. The van der Waals surface area contributed by atoms with E-state index in [1.807, 2.05) is 48.5 Å². The Bertz CT molecular complexity index is 701. The summed E-state index contributed by atoms with van der Waals surface area (Å²) in [7, 11) is 0. The van der Waals surface area contributed by atoms with Crippen LogP contribution >= 0.6 is 39.5 Å². The number of nitrogens with one attached hydrogen (secondary N) is 1. The number of hydrogen-bond donors (Lipinski definition) is 1. The molecule has 0 atom stereocenters. The molecule has 0 aliphatic rings. The highest BCUT2D eigenvalue weighted by Crippen LogP contribution is 2.29. The molecule has 0 aromatic heterocycles. The van der Waals surface area contributed by atoms with Crippen LogP contribution in [0.2, 0.25) is 0 Å². The van der Waals surface area contributed by atoms with Crippen molar-refractivity contribution in [2.24, 2.45) is 0 Å². The molecule has 0 aliphatic heterocycles. The molecule has 0 saturated carbocycles. The molecule has 0 unspecified atom stereocenters. The summed E-state index contributed by atoms with van der Waals surface area (Å²) in [6.45, 7) is 0. The van der Waals surface area contributed by atoms with Gasteiger partial charge in [-0.15, -0.1) is 23.5 Å². The highest BCUT2D eigenvalue weighted by atomic mass is 79.9. The van der Waals surface area contributed by atoms with E-state index in [1.54, 1.807) is 0 Å². The molecular formula is C16H13BrN2OS2. The first-order valence-electron chi connectivity index (χ1n) is 6.46. The predicted octanol–water partition coefficient (Wildman–Crippen LogP) is 4.80. The summed E-state index contributed by atoms with van der Waals surface area (Å²) in [5.74, 6) is 0.629. The smallest absolute Gasteiger partial charge is 0.234 e. The Morgan fingerprint density at radius 1 is 1.09 bits per heavy atom. The van der Waals surface area contributed by atoms with Crippen LogP contribution in [0, 0.1) is 11.3 Å². The number of hydrogen-bond acceptors (Lipinski definition) is 4. The zero-order valence-corrected chi connectivity index (χ0v) is 14.8. The van der Waals surface area contributed by atoms with Crippen molar-refractivity contribution in [3.63, 3.8) is 0 Å². The third-order valence-electron chi connectivity index (χ3n) is 2.65. The monoisotopic (exact) mass is 392 g/mol. The third-order valence-corrected chi connectivity index (χ3v) is 5.62. The third kappa shape index (κ3) is 5.09. The van der Waals surface area contributed by atoms with Gasteiger partial charge in [0.1, 0.15) is 0 Å². The van der Waals surface area contributed by atoms with Crippen molar-refractivity contribution in [2.45, 2.75) is 9.79 Å². The van der Waals surface area contributed by atoms with Crippen LogP contribution < -0.4 is 5.32 Å². The minimum atomic E-state index is -0.0641. The molecule has 0 aliphatic carbocycles. The lowest BCUT2D eigenvalue weighted by molar-refractivity contribution is -0.113. The van der Waals surface area contributed by atoms with E-state index in [0.717, 1.165) is 20.0 Å². The molecule has 0 spiro atoms. The van der Waals surface area contributed by atoms with E-state index in [2.05, 4.69) is 27.3 Å². The summed E-state index contributed by atoms with van der Waals surface area (Å²) in [5, 5.41) is 11.6. The van der Waals surface area contributed by atoms with Crippen LogP contribution in [-0.2, 0) is 4.79 Å². The Morgan fingerprint density at radius 2 is 1.77 bits per heavy atom. The number of anilines is 1. The summed E-state index contributed by atoms with van der Waals surface area (Å²) in [6, 6.07) is 17.4. The van der Waals surface area contributed by atoms with Crippen molar-refractivity contribution in [1.82, 2.24) is 0 Å². The topological polar surface area (TPSA) is 52.9 Å². The normalized spacial score (nSPS) is 10.0. The van der Waals surface area contributed by atoms with Gasteiger partial charge in [0.15, 0.2) is 0 Å². The zero-order chi connectivity index (χ0) is 15.8. The highest BCUT2D eigenvalue weighted by Gasteiger charge is 2.08. The maximum atomic E-state index is 12.1. The van der Waals surface area contributed by atoms with E-state index < -0.39 is 0 Å². The molecule has 0 saturated heterocycles. The van der Waals surface area contributed by atoms with E-state index in [9.17, 15) is 4.79 Å². The minimum Gasteiger partial charge on any atom is -0.324 e. The Labute approximate surface area is 146 Å². The number of nitriles is 1. The van der Waals surface area contributed by atoms with Crippen molar-refractivity contribution < 1.29 is 4.79 Å². The lowest BCUT2D eigenvalue weighted by atomic mass is 10.3. The number of amides is 1. The average molecular weight is 393 g/mol. The molecule has 0 fully saturated rings. The van der Waals surface area contributed by atoms with Crippen LogP contribution in [0.15, 0.2) is 62.8 Å². The first-order chi connectivity index (χ1) is 10.7. The van der Waals surface area contributed by atoms with Crippen LogP contribution in [-0.4, -0.2) is 17.4 Å². The molecule has 1 amide bonds. The van der Waals surface area contributed by atoms with Crippen LogP contribution in [0.25, 0.3) is 0 Å². The Kier molecular flexibility index (Phi) is 6.84. The van der Waals surface area contributed by atoms with Crippen LogP contribution in [0.4, 0.5) is 5.69 Å². The van der Waals surface area contributed by atoms with Crippen molar-refractivity contribution in [3.05, 3.63) is 53.0 Å². The van der Waals surface area contributed by atoms with Gasteiger partial charge in [-0.1, -0.05) is 24.3 Å². The second kappa shape index (κ2) is 8.89.